The molecule has 4 aromatic rings. The molecule has 1 aliphatic heterocycles. The molecule has 0 spiro atoms. The summed E-state index contributed by atoms with van der Waals surface area (Å²) in [5, 5.41) is 0.737. The van der Waals surface area contributed by atoms with Crippen LogP contribution in [-0.4, -0.2) is 43.1 Å². The monoisotopic (exact) mass is 626 g/mol. The number of hydrogen-bond donors (Lipinski definition) is 0. The normalized spacial score (nSPS) is 15.0. The number of benzene rings is 3. The number of carbonyl (C=O) groups is 1. The van der Waals surface area contributed by atoms with Crippen LogP contribution >= 0.6 is 31.9 Å². The third kappa shape index (κ3) is 5.09. The number of piperidine rings is 1. The average Bonchev–Trinajstić information content (AvgIpc) is 2.92. The van der Waals surface area contributed by atoms with Crippen molar-refractivity contribution in [1.29, 1.82) is 0 Å². The Morgan fingerprint density at radius 3 is 2.22 bits per heavy atom. The van der Waals surface area contributed by atoms with Gasteiger partial charge in [0.2, 0.25) is 0 Å². The van der Waals surface area contributed by atoms with Crippen molar-refractivity contribution in [2.75, 3.05) is 27.3 Å². The molecule has 8 heteroatoms. The number of nitrogens with zero attached hydrogens (tertiary/aromatic N) is 2. The Balaban J connectivity index is 1.48. The van der Waals surface area contributed by atoms with E-state index in [1.54, 1.807) is 37.3 Å². The standard InChI is InChI=1S/C29H25Br2FN2O3/c1-36-21-12-19(13-22(16-21)37-2)29(32)8-10-34(11-9-29)28(35)24-17-26(18-6-4-3-5-7-18)33-27-23(24)14-20(30)15-25(27)31/h3-7,12-17H,8-11H2,1-2H3. The lowest BCUT2D eigenvalue weighted by molar-refractivity contribution is 0.0421. The molecule has 0 atom stereocenters. The second-order valence-corrected chi connectivity index (χ2v) is 10.8. The minimum Gasteiger partial charge on any atom is -0.497 e. The highest BCUT2D eigenvalue weighted by atomic mass is 79.9. The van der Waals surface area contributed by atoms with Crippen molar-refractivity contribution >= 4 is 48.7 Å². The number of fused-ring (bicyclic) bond motifs is 1. The minimum atomic E-state index is -1.58. The fraction of sp³-hybridized carbons (Fsp3) is 0.241. The highest BCUT2D eigenvalue weighted by Crippen LogP contribution is 2.41. The van der Waals surface area contributed by atoms with E-state index in [1.165, 1.54) is 0 Å². The molecular weight excluding hydrogens is 603 g/mol. The van der Waals surface area contributed by atoms with E-state index in [0.717, 1.165) is 19.9 Å². The van der Waals surface area contributed by atoms with Gasteiger partial charge in [0.15, 0.2) is 0 Å². The summed E-state index contributed by atoms with van der Waals surface area (Å²) < 4.78 is 28.4. The number of rotatable bonds is 5. The van der Waals surface area contributed by atoms with Gasteiger partial charge in [0.25, 0.3) is 5.91 Å². The van der Waals surface area contributed by atoms with Crippen molar-refractivity contribution in [3.8, 4) is 22.8 Å². The number of carbonyl (C=O) groups excluding carboxylic acids is 1. The van der Waals surface area contributed by atoms with Crippen molar-refractivity contribution in [3.05, 3.63) is 86.8 Å². The molecular formula is C29H25Br2FN2O3. The number of likely N-dealkylation sites (tertiary alicyclic amines) is 1. The number of ether oxygens (including phenoxy) is 2. The fourth-order valence-electron chi connectivity index (χ4n) is 4.78. The summed E-state index contributed by atoms with van der Waals surface area (Å²) in [6.07, 6.45) is 0.355. The van der Waals surface area contributed by atoms with Crippen molar-refractivity contribution in [3.63, 3.8) is 0 Å². The molecule has 0 aliphatic carbocycles. The molecule has 1 aromatic heterocycles. The van der Waals surface area contributed by atoms with Crippen LogP contribution in [0.4, 0.5) is 4.39 Å². The Labute approximate surface area is 231 Å². The van der Waals surface area contributed by atoms with E-state index in [9.17, 15) is 4.79 Å². The van der Waals surface area contributed by atoms with Crippen LogP contribution < -0.4 is 9.47 Å². The lowest BCUT2D eigenvalue weighted by Gasteiger charge is -2.37. The summed E-state index contributed by atoms with van der Waals surface area (Å²) in [6.45, 7) is 0.572. The van der Waals surface area contributed by atoms with Gasteiger partial charge in [0.05, 0.1) is 31.0 Å². The van der Waals surface area contributed by atoms with Gasteiger partial charge in [-0.1, -0.05) is 46.3 Å². The highest BCUT2D eigenvalue weighted by Gasteiger charge is 2.39. The van der Waals surface area contributed by atoms with Crippen LogP contribution in [0.5, 0.6) is 11.5 Å². The van der Waals surface area contributed by atoms with Crippen LogP contribution in [-0.2, 0) is 5.67 Å². The van der Waals surface area contributed by atoms with Crippen LogP contribution in [0, 0.1) is 0 Å². The summed E-state index contributed by atoms with van der Waals surface area (Å²) in [4.78, 5) is 20.5. The van der Waals surface area contributed by atoms with Gasteiger partial charge in [0.1, 0.15) is 17.2 Å². The third-order valence-electron chi connectivity index (χ3n) is 6.84. The molecule has 1 aliphatic rings. The number of hydrogen-bond acceptors (Lipinski definition) is 4. The second-order valence-electron chi connectivity index (χ2n) is 9.06. The summed E-state index contributed by atoms with van der Waals surface area (Å²) in [6, 6.07) is 20.6. The number of amides is 1. The van der Waals surface area contributed by atoms with Crippen molar-refractivity contribution in [2.24, 2.45) is 0 Å². The van der Waals surface area contributed by atoms with Gasteiger partial charge in [-0.15, -0.1) is 0 Å². The molecule has 1 saturated heterocycles. The molecule has 1 fully saturated rings. The van der Waals surface area contributed by atoms with Crippen LogP contribution in [0.15, 0.2) is 75.7 Å². The first kappa shape index (κ1) is 25.7. The van der Waals surface area contributed by atoms with Crippen LogP contribution in [0.2, 0.25) is 0 Å². The molecule has 1 amide bonds. The lowest BCUT2D eigenvalue weighted by atomic mass is 9.85. The van der Waals surface area contributed by atoms with Gasteiger partial charge in [0, 0.05) is 51.9 Å². The van der Waals surface area contributed by atoms with Crippen molar-refractivity contribution < 1.29 is 18.7 Å². The molecule has 0 N–H and O–H groups in total. The summed E-state index contributed by atoms with van der Waals surface area (Å²) in [7, 11) is 3.09. The topological polar surface area (TPSA) is 51.7 Å². The van der Waals surface area contributed by atoms with E-state index >= 15 is 4.39 Å². The zero-order chi connectivity index (χ0) is 26.2. The zero-order valence-corrected chi connectivity index (χ0v) is 23.6. The average molecular weight is 628 g/mol. The molecule has 37 heavy (non-hydrogen) atoms. The Bertz CT molecular complexity index is 1450. The van der Waals surface area contributed by atoms with E-state index in [1.807, 2.05) is 48.5 Å². The third-order valence-corrected chi connectivity index (χ3v) is 7.91. The molecule has 0 saturated carbocycles. The SMILES string of the molecule is COc1cc(OC)cc(C2(F)CCN(C(=O)c3cc(-c4ccccc4)nc4c(Br)cc(Br)cc34)CC2)c1. The Morgan fingerprint density at radius 1 is 0.946 bits per heavy atom. The van der Waals surface area contributed by atoms with Crippen LogP contribution in [0.3, 0.4) is 0 Å². The summed E-state index contributed by atoms with van der Waals surface area (Å²) in [5.74, 6) is 0.940. The maximum Gasteiger partial charge on any atom is 0.254 e. The molecule has 0 bridgehead atoms. The minimum absolute atomic E-state index is 0.139. The first-order valence-corrected chi connectivity index (χ1v) is 13.5. The largest absolute Gasteiger partial charge is 0.497 e. The number of aromatic nitrogens is 1. The second kappa shape index (κ2) is 10.4. The van der Waals surface area contributed by atoms with E-state index in [-0.39, 0.29) is 31.8 Å². The van der Waals surface area contributed by atoms with E-state index < -0.39 is 5.67 Å². The van der Waals surface area contributed by atoms with Crippen molar-refractivity contribution in [2.45, 2.75) is 18.5 Å². The maximum atomic E-state index is 16.1. The number of alkyl halides is 1. The Kier molecular flexibility index (Phi) is 7.23. The first-order chi connectivity index (χ1) is 17.8. The molecule has 190 valence electrons. The molecule has 5 nitrogen and oxygen atoms in total. The zero-order valence-electron chi connectivity index (χ0n) is 20.4. The number of methoxy groups -OCH3 is 2. The Morgan fingerprint density at radius 2 is 1.59 bits per heavy atom. The highest BCUT2D eigenvalue weighted by molar-refractivity contribution is 9.11. The van der Waals surface area contributed by atoms with Gasteiger partial charge >= 0.3 is 0 Å². The maximum absolute atomic E-state index is 16.1. The summed E-state index contributed by atoms with van der Waals surface area (Å²) in [5.41, 5.74) is 1.79. The lowest BCUT2D eigenvalue weighted by Crippen LogP contribution is -2.43. The van der Waals surface area contributed by atoms with Gasteiger partial charge in [-0.05, 0) is 51.8 Å². The number of halogens is 3. The fourth-order valence-corrected chi connectivity index (χ4v) is 6.09. The molecule has 0 radical (unpaired) electrons. The molecule has 3 aromatic carbocycles. The van der Waals surface area contributed by atoms with Crippen LogP contribution in [0.1, 0.15) is 28.8 Å². The predicted molar refractivity (Wildman–Crippen MR) is 150 cm³/mol. The van der Waals surface area contributed by atoms with Crippen LogP contribution in [0.25, 0.3) is 22.2 Å². The van der Waals surface area contributed by atoms with E-state index in [2.05, 4.69) is 31.9 Å². The molecule has 5 rings (SSSR count). The smallest absolute Gasteiger partial charge is 0.254 e. The first-order valence-electron chi connectivity index (χ1n) is 11.9. The Hall–Kier alpha value is -2.97. The van der Waals surface area contributed by atoms with Gasteiger partial charge in [-0.25, -0.2) is 9.37 Å². The predicted octanol–water partition coefficient (Wildman–Crippen LogP) is 7.55. The summed E-state index contributed by atoms with van der Waals surface area (Å²) >= 11 is 7.15. The molecule has 0 unspecified atom stereocenters. The van der Waals surface area contributed by atoms with Gasteiger partial charge in [-0.2, -0.15) is 0 Å². The number of pyridine rings is 1. The van der Waals surface area contributed by atoms with E-state index in [0.29, 0.717) is 33.8 Å². The molecule has 2 heterocycles. The van der Waals surface area contributed by atoms with Gasteiger partial charge < -0.3 is 14.4 Å². The van der Waals surface area contributed by atoms with Gasteiger partial charge in [-0.3, -0.25) is 4.79 Å². The quantitative estimate of drug-likeness (QED) is 0.229. The van der Waals surface area contributed by atoms with E-state index in [4.69, 9.17) is 14.5 Å². The van der Waals surface area contributed by atoms with Crippen molar-refractivity contribution in [1.82, 2.24) is 9.88 Å².